The second kappa shape index (κ2) is 4.96. The van der Waals surface area contributed by atoms with Gasteiger partial charge in [0.05, 0.1) is 20.5 Å². The maximum absolute atomic E-state index is 13.8. The first kappa shape index (κ1) is 14.1. The molecule has 0 aliphatic heterocycles. The predicted molar refractivity (Wildman–Crippen MR) is 81.6 cm³/mol. The van der Waals surface area contributed by atoms with Gasteiger partial charge in [-0.2, -0.15) is 0 Å². The normalized spacial score (nSPS) is 12.3. The molecule has 18 heavy (non-hydrogen) atoms. The van der Waals surface area contributed by atoms with Gasteiger partial charge in [-0.25, -0.2) is 9.37 Å². The molecule has 0 unspecified atom stereocenters. The molecule has 0 spiro atoms. The summed E-state index contributed by atoms with van der Waals surface area (Å²) in [5.41, 5.74) is 1.49. The van der Waals surface area contributed by atoms with E-state index in [-0.39, 0.29) is 11.4 Å². The lowest BCUT2D eigenvalue weighted by molar-refractivity contribution is 0.344. The molecule has 0 N–H and O–H groups in total. The highest BCUT2D eigenvalue weighted by Crippen LogP contribution is 2.30. The first-order valence-electron chi connectivity index (χ1n) is 5.83. The largest absolute Gasteiger partial charge is 0.321 e. The smallest absolute Gasteiger partial charge is 0.138 e. The molecule has 0 atom stereocenters. The van der Waals surface area contributed by atoms with Crippen molar-refractivity contribution in [1.82, 2.24) is 9.55 Å². The zero-order chi connectivity index (χ0) is 13.5. The van der Waals surface area contributed by atoms with Crippen LogP contribution in [0, 0.1) is 9.39 Å². The molecule has 2 rings (SSSR count). The number of halogens is 3. The Morgan fingerprint density at radius 2 is 2.11 bits per heavy atom. The van der Waals surface area contributed by atoms with Gasteiger partial charge in [0, 0.05) is 11.6 Å². The molecule has 0 bridgehead atoms. The van der Waals surface area contributed by atoms with Crippen LogP contribution in [0.15, 0.2) is 12.1 Å². The summed E-state index contributed by atoms with van der Waals surface area (Å²) in [4.78, 5) is 4.51. The number of nitrogens with zero attached hydrogens (tertiary/aromatic N) is 2. The average molecular weight is 381 g/mol. The fraction of sp³-hybridized carbons (Fsp3) is 0.462. The Morgan fingerprint density at radius 1 is 1.44 bits per heavy atom. The number of hydrogen-bond acceptors (Lipinski definition) is 1. The van der Waals surface area contributed by atoms with Gasteiger partial charge in [0.1, 0.15) is 11.6 Å². The van der Waals surface area contributed by atoms with Gasteiger partial charge in [-0.15, -0.1) is 11.6 Å². The van der Waals surface area contributed by atoms with Crippen LogP contribution in [0.5, 0.6) is 0 Å². The first-order valence-corrected chi connectivity index (χ1v) is 7.45. The number of aromatic nitrogens is 2. The lowest BCUT2D eigenvalue weighted by atomic mass is 10.0. The van der Waals surface area contributed by atoms with Crippen LogP contribution in [-0.4, -0.2) is 9.55 Å². The zero-order valence-corrected chi connectivity index (χ0v) is 13.5. The van der Waals surface area contributed by atoms with Crippen LogP contribution in [0.1, 0.15) is 33.0 Å². The molecule has 0 saturated heterocycles. The van der Waals surface area contributed by atoms with E-state index in [1.165, 1.54) is 0 Å². The van der Waals surface area contributed by atoms with Crippen LogP contribution >= 0.6 is 34.2 Å². The minimum absolute atomic E-state index is 0.127. The second-order valence-corrected chi connectivity index (χ2v) is 6.35. The minimum Gasteiger partial charge on any atom is -0.321 e. The van der Waals surface area contributed by atoms with E-state index < -0.39 is 0 Å². The van der Waals surface area contributed by atoms with E-state index in [0.717, 1.165) is 23.3 Å². The molecule has 0 amide bonds. The van der Waals surface area contributed by atoms with Crippen molar-refractivity contribution < 1.29 is 4.39 Å². The molecule has 1 heterocycles. The number of imidazole rings is 1. The number of rotatable bonds is 3. The minimum atomic E-state index is -0.211. The monoisotopic (exact) mass is 380 g/mol. The van der Waals surface area contributed by atoms with Crippen molar-refractivity contribution in [2.75, 3.05) is 0 Å². The summed E-state index contributed by atoms with van der Waals surface area (Å²) in [6.45, 7) is 6.33. The third kappa shape index (κ3) is 2.25. The van der Waals surface area contributed by atoms with Gasteiger partial charge in [-0.05, 0) is 48.9 Å². The van der Waals surface area contributed by atoms with E-state index in [1.807, 2.05) is 22.6 Å². The van der Waals surface area contributed by atoms with Crippen molar-refractivity contribution in [2.45, 2.75) is 38.6 Å². The van der Waals surface area contributed by atoms with Gasteiger partial charge in [-0.3, -0.25) is 0 Å². The molecule has 0 fully saturated rings. The van der Waals surface area contributed by atoms with Crippen molar-refractivity contribution in [3.05, 3.63) is 27.3 Å². The van der Waals surface area contributed by atoms with Crippen molar-refractivity contribution in [3.63, 3.8) is 0 Å². The van der Waals surface area contributed by atoms with Gasteiger partial charge >= 0.3 is 0 Å². The molecule has 98 valence electrons. The highest BCUT2D eigenvalue weighted by Gasteiger charge is 2.24. The van der Waals surface area contributed by atoms with Crippen molar-refractivity contribution in [3.8, 4) is 0 Å². The second-order valence-electron chi connectivity index (χ2n) is 4.92. The summed E-state index contributed by atoms with van der Waals surface area (Å²) < 4.78 is 16.4. The third-order valence-corrected chi connectivity index (χ3v) is 4.42. The Bertz CT molecular complexity index is 592. The number of benzene rings is 1. The summed E-state index contributed by atoms with van der Waals surface area (Å²) >= 11 is 7.95. The highest BCUT2D eigenvalue weighted by atomic mass is 127. The quantitative estimate of drug-likeness (QED) is 0.559. The Kier molecular flexibility index (Phi) is 3.88. The van der Waals surface area contributed by atoms with E-state index in [0.29, 0.717) is 9.45 Å². The number of alkyl halides is 1. The molecule has 0 saturated carbocycles. The molecule has 1 aromatic heterocycles. The Hall–Kier alpha value is -0.360. The maximum Gasteiger partial charge on any atom is 0.138 e. The first-order chi connectivity index (χ1) is 8.40. The van der Waals surface area contributed by atoms with E-state index >= 15 is 0 Å². The molecule has 0 radical (unpaired) electrons. The molecule has 2 nitrogen and oxygen atoms in total. The van der Waals surface area contributed by atoms with Crippen LogP contribution in [0.25, 0.3) is 11.0 Å². The lowest BCUT2D eigenvalue weighted by Crippen LogP contribution is -2.26. The van der Waals surface area contributed by atoms with Crippen LogP contribution < -0.4 is 0 Å². The number of fused-ring (bicyclic) bond motifs is 1. The molecular weight excluding hydrogens is 366 g/mol. The fourth-order valence-electron chi connectivity index (χ4n) is 2.05. The fourth-order valence-corrected chi connectivity index (χ4v) is 2.68. The van der Waals surface area contributed by atoms with Crippen LogP contribution in [-0.2, 0) is 11.4 Å². The molecule has 0 aliphatic rings. The van der Waals surface area contributed by atoms with Gasteiger partial charge in [0.2, 0.25) is 0 Å². The third-order valence-electron chi connectivity index (χ3n) is 3.36. The molecule has 1 aromatic carbocycles. The van der Waals surface area contributed by atoms with Crippen molar-refractivity contribution in [2.24, 2.45) is 0 Å². The van der Waals surface area contributed by atoms with Crippen LogP contribution in [0.4, 0.5) is 4.39 Å². The van der Waals surface area contributed by atoms with Gasteiger partial charge in [0.15, 0.2) is 0 Å². The van der Waals surface area contributed by atoms with E-state index in [9.17, 15) is 4.39 Å². The van der Waals surface area contributed by atoms with Crippen LogP contribution in [0.3, 0.4) is 0 Å². The van der Waals surface area contributed by atoms with Crippen LogP contribution in [0.2, 0.25) is 0 Å². The topological polar surface area (TPSA) is 17.8 Å². The number of hydrogen-bond donors (Lipinski definition) is 0. The van der Waals surface area contributed by atoms with Gasteiger partial charge in [0.25, 0.3) is 0 Å². The SMILES string of the molecule is CCC(C)(C)n1c(CCl)nc2cc(I)c(F)cc21. The molecule has 0 aliphatic carbocycles. The van der Waals surface area contributed by atoms with Gasteiger partial charge in [-0.1, -0.05) is 6.92 Å². The standard InChI is InChI=1S/C13H15ClFIN2/c1-4-13(2,3)18-11-5-8(15)9(16)6-10(11)17-12(18)7-14/h5-6H,4,7H2,1-3H3. The highest BCUT2D eigenvalue weighted by molar-refractivity contribution is 14.1. The lowest BCUT2D eigenvalue weighted by Gasteiger charge is -2.27. The van der Waals surface area contributed by atoms with Crippen molar-refractivity contribution in [1.29, 1.82) is 0 Å². The Labute approximate surface area is 125 Å². The van der Waals surface area contributed by atoms with E-state index in [1.54, 1.807) is 12.1 Å². The molecule has 5 heteroatoms. The predicted octanol–water partition coefficient (Wildman–Crippen LogP) is 4.66. The molecular formula is C13H15ClFIN2. The van der Waals surface area contributed by atoms with E-state index in [2.05, 4.69) is 30.3 Å². The summed E-state index contributed by atoms with van der Waals surface area (Å²) in [6, 6.07) is 3.32. The molecule has 2 aromatic rings. The Balaban J connectivity index is 2.81. The summed E-state index contributed by atoms with van der Waals surface area (Å²) in [5, 5.41) is 0. The van der Waals surface area contributed by atoms with Crippen molar-refractivity contribution >= 4 is 45.2 Å². The summed E-state index contributed by atoms with van der Waals surface area (Å²) in [5.74, 6) is 0.910. The summed E-state index contributed by atoms with van der Waals surface area (Å²) in [6.07, 6.45) is 0.927. The zero-order valence-electron chi connectivity index (χ0n) is 10.6. The van der Waals surface area contributed by atoms with Gasteiger partial charge < -0.3 is 4.57 Å². The average Bonchev–Trinajstić information content (AvgIpc) is 2.68. The Morgan fingerprint density at radius 3 is 2.67 bits per heavy atom. The maximum atomic E-state index is 13.8. The summed E-state index contributed by atoms with van der Waals surface area (Å²) in [7, 11) is 0. The van der Waals surface area contributed by atoms with E-state index in [4.69, 9.17) is 11.6 Å².